The van der Waals surface area contributed by atoms with E-state index in [9.17, 15) is 0 Å². The molecule has 62 heavy (non-hydrogen) atoms. The Morgan fingerprint density at radius 2 is 0.677 bits per heavy atom. The fraction of sp³-hybridized carbons (Fsp3) is 0.0426. The quantitative estimate of drug-likeness (QED) is 0.121. The van der Waals surface area contributed by atoms with Crippen LogP contribution in [0.25, 0.3) is 82.8 Å². The summed E-state index contributed by atoms with van der Waals surface area (Å²) in [5.41, 5.74) is 31.5. The zero-order valence-corrected chi connectivity index (χ0v) is 39.3. The van der Waals surface area contributed by atoms with Gasteiger partial charge in [0.15, 0.2) is 0 Å². The molecule has 0 amide bonds. The lowest BCUT2D eigenvalue weighted by Gasteiger charge is -2.28. The van der Waals surface area contributed by atoms with Crippen LogP contribution < -0.4 is 71.0 Å². The predicted octanol–water partition coefficient (Wildman–Crippen LogP) is -10.1. The Bertz CT molecular complexity index is 3230. The van der Waals surface area contributed by atoms with Gasteiger partial charge in [0.05, 0.1) is 11.0 Å². The normalized spacial score (nSPS) is 11.6. The predicted molar refractivity (Wildman–Crippen MR) is 314 cm³/mol. The molecular weight excluding hydrogens is 733 g/mol. The van der Waals surface area contributed by atoms with Crippen molar-refractivity contribution in [3.63, 3.8) is 0 Å². The first kappa shape index (κ1) is 41.9. The summed E-state index contributed by atoms with van der Waals surface area (Å²) in [7, 11) is 30.1. The van der Waals surface area contributed by atoms with Crippen LogP contribution in [-0.4, -0.2) is 112 Å². The zero-order valence-electron chi connectivity index (χ0n) is 39.3. The topological polar surface area (TPSA) is 17.8 Å². The molecule has 0 saturated carbocycles. The van der Waals surface area contributed by atoms with Gasteiger partial charge in [0.2, 0.25) is 0 Å². The van der Waals surface area contributed by atoms with Crippen molar-refractivity contribution in [3.8, 4) is 50.2 Å². The number of para-hydroxylation sites is 2. The highest BCUT2D eigenvalue weighted by Gasteiger charge is 2.25. The van der Waals surface area contributed by atoms with E-state index in [1.807, 2.05) is 0 Å². The smallest absolute Gasteiger partial charge is 0.139 e. The van der Waals surface area contributed by atoms with Gasteiger partial charge in [-0.15, -0.1) is 38.2 Å². The van der Waals surface area contributed by atoms with Crippen LogP contribution in [0, 0.1) is 0 Å². The molecule has 0 atom stereocenters. The van der Waals surface area contributed by atoms with E-state index in [0.29, 0.717) is 0 Å². The van der Waals surface area contributed by atoms with Crippen molar-refractivity contribution in [2.75, 3.05) is 0 Å². The van der Waals surface area contributed by atoms with Crippen molar-refractivity contribution in [2.45, 2.75) is 13.3 Å². The highest BCUT2D eigenvalue weighted by atomic mass is 15.1. The maximum atomic E-state index is 4.93. The first-order valence-corrected chi connectivity index (χ1v) is 22.5. The van der Waals surface area contributed by atoms with Crippen molar-refractivity contribution in [1.82, 2.24) is 9.55 Å². The maximum Gasteiger partial charge on any atom is 0.139 e. The second-order valence-electron chi connectivity index (χ2n) is 18.2. The molecule has 0 unspecified atom stereocenters. The summed E-state index contributed by atoms with van der Waals surface area (Å²) in [4.78, 5) is 4.93. The molecule has 0 aliphatic heterocycles. The Kier molecular flexibility index (Phi) is 10.6. The third-order valence-corrected chi connectivity index (χ3v) is 15.4. The van der Waals surface area contributed by atoms with E-state index in [0.717, 1.165) is 29.0 Å². The minimum Gasteiger partial charge on any atom is -0.296 e. The van der Waals surface area contributed by atoms with Gasteiger partial charge in [-0.05, 0) is 90.3 Å². The molecule has 2 nitrogen and oxygen atoms in total. The van der Waals surface area contributed by atoms with E-state index in [2.05, 4.69) is 211 Å². The number of aryl methyl sites for hydroxylation is 1. The summed E-state index contributed by atoms with van der Waals surface area (Å²) in [6.07, 6.45) is 0.873. The summed E-state index contributed by atoms with van der Waals surface area (Å²) in [5, 5.41) is 5.49. The summed E-state index contributed by atoms with van der Waals surface area (Å²) in [6.45, 7) is 2.18. The standard InChI is InChI=1S/C47H47B13N2/c1-2-27-61-25-5-3-4-6-26(25)62(27)24-17-15-20(16-18-24)19-7-9-21(10-8-19)28-31-33(39(52)45(58)43(56)37(31)50)29(34-32(28)38(51)44(57)46(59)40(34)53)22-11-13-23(14-12-22)30-35(48)41(54)47(60)42(55)36(30)49/h3-18H,2,48-60H2,1H3. The van der Waals surface area contributed by atoms with Gasteiger partial charge in [-0.25, -0.2) is 4.98 Å². The van der Waals surface area contributed by atoms with E-state index in [1.54, 1.807) is 0 Å². The molecule has 0 N–H and O–H groups in total. The van der Waals surface area contributed by atoms with E-state index < -0.39 is 0 Å². The van der Waals surface area contributed by atoms with Crippen LogP contribution in [-0.2, 0) is 6.42 Å². The molecule has 284 valence electrons. The van der Waals surface area contributed by atoms with Crippen molar-refractivity contribution < 1.29 is 0 Å². The minimum atomic E-state index is 0.873. The number of fused-ring (bicyclic) bond motifs is 3. The van der Waals surface area contributed by atoms with Crippen LogP contribution >= 0.6 is 0 Å². The van der Waals surface area contributed by atoms with Gasteiger partial charge in [-0.1, -0.05) is 112 Å². The van der Waals surface area contributed by atoms with Gasteiger partial charge in [0.25, 0.3) is 0 Å². The van der Waals surface area contributed by atoms with Gasteiger partial charge < -0.3 is 0 Å². The van der Waals surface area contributed by atoms with Gasteiger partial charge in [0.1, 0.15) is 108 Å². The molecule has 0 aliphatic rings. The molecule has 1 heterocycles. The van der Waals surface area contributed by atoms with Crippen LogP contribution in [0.3, 0.4) is 0 Å². The first-order chi connectivity index (χ1) is 29.7. The third-order valence-electron chi connectivity index (χ3n) is 15.4. The summed E-state index contributed by atoms with van der Waals surface area (Å²) in [5.74, 6) is 1.08. The monoisotopic (exact) mass is 782 g/mol. The Morgan fingerprint density at radius 3 is 1.08 bits per heavy atom. The second-order valence-corrected chi connectivity index (χ2v) is 18.2. The van der Waals surface area contributed by atoms with Crippen LogP contribution in [0.2, 0.25) is 0 Å². The number of imidazole rings is 1. The number of hydrogen-bond donors (Lipinski definition) is 0. The molecule has 9 aromatic rings. The Balaban J connectivity index is 1.25. The largest absolute Gasteiger partial charge is 0.296 e. The number of rotatable bonds is 6. The minimum absolute atomic E-state index is 0.873. The number of hydrogen-bond acceptors (Lipinski definition) is 1. The van der Waals surface area contributed by atoms with Crippen molar-refractivity contribution in [2.24, 2.45) is 0 Å². The molecule has 8 aromatic carbocycles. The molecule has 9 rings (SSSR count). The number of benzene rings is 8. The Morgan fingerprint density at radius 1 is 0.355 bits per heavy atom. The molecule has 0 spiro atoms. The SMILES string of the molecule is Bc1c(B)c(B)c(-c2ccc(-c3c4c(B)c(B)c(B)c(B)c4c(-c4ccc(-c5ccc(-n6c(CC)nc7ccccc76)cc5)cc4)c4c(B)c(B)c(B)c(B)c34)cc2)c(B)c1B. The molecule has 15 heteroatoms. The average molecular weight is 780 g/mol. The fourth-order valence-electron chi connectivity index (χ4n) is 10.7. The summed E-state index contributed by atoms with van der Waals surface area (Å²) < 4.78 is 2.30. The number of nitrogens with zero attached hydrogens (tertiary/aromatic N) is 2. The van der Waals surface area contributed by atoms with E-state index in [4.69, 9.17) is 4.98 Å². The van der Waals surface area contributed by atoms with Gasteiger partial charge in [0, 0.05) is 12.1 Å². The molecule has 1 aromatic heterocycles. The second kappa shape index (κ2) is 15.7. The van der Waals surface area contributed by atoms with Gasteiger partial charge in [-0.3, -0.25) is 4.57 Å². The highest BCUT2D eigenvalue weighted by Crippen LogP contribution is 2.41. The van der Waals surface area contributed by atoms with Crippen LogP contribution in [0.4, 0.5) is 0 Å². The van der Waals surface area contributed by atoms with E-state index in [-0.39, 0.29) is 0 Å². The lowest BCUT2D eigenvalue weighted by molar-refractivity contribution is 0.908. The van der Waals surface area contributed by atoms with Crippen LogP contribution in [0.5, 0.6) is 0 Å². The van der Waals surface area contributed by atoms with Crippen molar-refractivity contribution in [1.29, 1.82) is 0 Å². The fourth-order valence-corrected chi connectivity index (χ4v) is 10.7. The highest BCUT2D eigenvalue weighted by molar-refractivity contribution is 6.72. The van der Waals surface area contributed by atoms with Crippen LogP contribution in [0.1, 0.15) is 12.7 Å². The van der Waals surface area contributed by atoms with Crippen molar-refractivity contribution >= 4 is 206 Å². The van der Waals surface area contributed by atoms with Crippen LogP contribution in [0.15, 0.2) is 97.1 Å². The molecular formula is C47H47B13N2. The third kappa shape index (κ3) is 6.31. The summed E-state index contributed by atoms with van der Waals surface area (Å²) >= 11 is 0. The number of aromatic nitrogens is 2. The van der Waals surface area contributed by atoms with E-state index >= 15 is 0 Å². The van der Waals surface area contributed by atoms with E-state index in [1.165, 1.54) is 137 Å². The van der Waals surface area contributed by atoms with Gasteiger partial charge in [-0.2, -0.15) is 0 Å². The molecule has 0 aliphatic carbocycles. The van der Waals surface area contributed by atoms with Gasteiger partial charge >= 0.3 is 0 Å². The first-order valence-electron chi connectivity index (χ1n) is 22.5. The lowest BCUT2D eigenvalue weighted by atomic mass is 9.59. The maximum absolute atomic E-state index is 4.93. The Labute approximate surface area is 379 Å². The average Bonchev–Trinajstić information content (AvgIpc) is 3.68. The molecule has 0 radical (unpaired) electrons. The summed E-state index contributed by atoms with van der Waals surface area (Å²) in [6, 6.07) is 36.4. The zero-order chi connectivity index (χ0) is 44.0. The lowest BCUT2D eigenvalue weighted by Crippen LogP contribution is -2.55. The molecule has 0 bridgehead atoms. The molecule has 0 saturated heterocycles. The van der Waals surface area contributed by atoms with Crippen molar-refractivity contribution in [3.05, 3.63) is 103 Å². The molecule has 0 fully saturated rings. The Hall–Kier alpha value is -5.41.